The van der Waals surface area contributed by atoms with E-state index < -0.39 is 0 Å². The molecule has 0 bridgehead atoms. The van der Waals surface area contributed by atoms with E-state index in [1.54, 1.807) is 18.9 Å². The van der Waals surface area contributed by atoms with Gasteiger partial charge in [-0.3, -0.25) is 0 Å². The highest BCUT2D eigenvalue weighted by molar-refractivity contribution is 7.99. The van der Waals surface area contributed by atoms with Gasteiger partial charge in [0.1, 0.15) is 16.6 Å². The molecule has 0 aliphatic rings. The molecule has 2 aromatic carbocycles. The standard InChI is InChI=1S/C21H23ClN4OS/c1-26(2)13-12-23-19-14-20(28-18-10-6-16(22)7-11-18)25-21(24-19)15-4-8-17(27-3)9-5-15/h4-11,14H,12-13H2,1-3H3,(H,23,24,25). The van der Waals surface area contributed by atoms with E-state index in [0.717, 1.165) is 45.2 Å². The van der Waals surface area contributed by atoms with Crippen LogP contribution in [0.25, 0.3) is 11.4 Å². The molecule has 28 heavy (non-hydrogen) atoms. The predicted octanol–water partition coefficient (Wildman–Crippen LogP) is 4.93. The summed E-state index contributed by atoms with van der Waals surface area (Å²) in [6.45, 7) is 1.72. The first kappa shape index (κ1) is 20.5. The lowest BCUT2D eigenvalue weighted by molar-refractivity contribution is 0.415. The quantitative estimate of drug-likeness (QED) is 0.527. The second-order valence-electron chi connectivity index (χ2n) is 6.43. The van der Waals surface area contributed by atoms with Gasteiger partial charge >= 0.3 is 0 Å². The number of aromatic nitrogens is 2. The summed E-state index contributed by atoms with van der Waals surface area (Å²) in [7, 11) is 5.75. The fourth-order valence-electron chi connectivity index (χ4n) is 2.47. The van der Waals surface area contributed by atoms with Crippen molar-refractivity contribution in [3.05, 3.63) is 59.6 Å². The Morgan fingerprint density at radius 3 is 2.39 bits per heavy atom. The molecular weight excluding hydrogens is 392 g/mol. The molecule has 146 valence electrons. The van der Waals surface area contributed by atoms with E-state index in [4.69, 9.17) is 26.3 Å². The van der Waals surface area contributed by atoms with E-state index in [-0.39, 0.29) is 0 Å². The number of rotatable bonds is 8. The van der Waals surface area contributed by atoms with E-state index in [9.17, 15) is 0 Å². The first-order chi connectivity index (χ1) is 13.5. The van der Waals surface area contributed by atoms with Gasteiger partial charge in [-0.1, -0.05) is 23.4 Å². The molecule has 0 saturated heterocycles. The van der Waals surface area contributed by atoms with Crippen LogP contribution in [-0.4, -0.2) is 49.2 Å². The van der Waals surface area contributed by atoms with Crippen LogP contribution in [-0.2, 0) is 0 Å². The Bertz CT molecular complexity index is 901. The molecule has 0 aliphatic carbocycles. The first-order valence-corrected chi connectivity index (χ1v) is 10.1. The number of ether oxygens (including phenoxy) is 1. The molecule has 0 radical (unpaired) electrons. The highest BCUT2D eigenvalue weighted by Gasteiger charge is 2.09. The third-order valence-electron chi connectivity index (χ3n) is 3.95. The Labute approximate surface area is 175 Å². The molecule has 1 aromatic heterocycles. The van der Waals surface area contributed by atoms with Crippen LogP contribution in [0.15, 0.2) is 64.5 Å². The SMILES string of the molecule is COc1ccc(-c2nc(NCCN(C)C)cc(Sc3ccc(Cl)cc3)n2)cc1. The predicted molar refractivity (Wildman–Crippen MR) is 117 cm³/mol. The van der Waals surface area contributed by atoms with Crippen LogP contribution in [0.5, 0.6) is 5.75 Å². The van der Waals surface area contributed by atoms with Crippen LogP contribution < -0.4 is 10.1 Å². The van der Waals surface area contributed by atoms with Gasteiger partial charge in [0.15, 0.2) is 5.82 Å². The molecule has 0 amide bonds. The van der Waals surface area contributed by atoms with Crippen LogP contribution in [0.1, 0.15) is 0 Å². The van der Waals surface area contributed by atoms with Crippen LogP contribution in [0.3, 0.4) is 0 Å². The van der Waals surface area contributed by atoms with Crippen molar-refractivity contribution < 1.29 is 4.74 Å². The van der Waals surface area contributed by atoms with Gasteiger partial charge in [-0.15, -0.1) is 0 Å². The summed E-state index contributed by atoms with van der Waals surface area (Å²) < 4.78 is 5.24. The van der Waals surface area contributed by atoms with Crippen molar-refractivity contribution in [2.45, 2.75) is 9.92 Å². The van der Waals surface area contributed by atoms with Gasteiger partial charge in [0.2, 0.25) is 0 Å². The molecule has 7 heteroatoms. The second kappa shape index (κ2) is 9.78. The van der Waals surface area contributed by atoms with E-state index in [0.29, 0.717) is 5.82 Å². The van der Waals surface area contributed by atoms with Crippen LogP contribution >= 0.6 is 23.4 Å². The lowest BCUT2D eigenvalue weighted by Gasteiger charge is -2.13. The Kier molecular flexibility index (Phi) is 7.14. The Hall–Kier alpha value is -2.28. The lowest BCUT2D eigenvalue weighted by atomic mass is 10.2. The Morgan fingerprint density at radius 1 is 1.04 bits per heavy atom. The lowest BCUT2D eigenvalue weighted by Crippen LogP contribution is -2.21. The van der Waals surface area contributed by atoms with Crippen LogP contribution in [0.2, 0.25) is 5.02 Å². The van der Waals surface area contributed by atoms with Crippen molar-refractivity contribution in [3.8, 4) is 17.1 Å². The summed E-state index contributed by atoms with van der Waals surface area (Å²) in [4.78, 5) is 12.6. The summed E-state index contributed by atoms with van der Waals surface area (Å²) >= 11 is 7.58. The number of anilines is 1. The van der Waals surface area contributed by atoms with Crippen molar-refractivity contribution in [2.24, 2.45) is 0 Å². The first-order valence-electron chi connectivity index (χ1n) is 8.89. The smallest absolute Gasteiger partial charge is 0.162 e. The fourth-order valence-corrected chi connectivity index (χ4v) is 3.41. The monoisotopic (exact) mass is 414 g/mol. The number of hydrogen-bond donors (Lipinski definition) is 1. The molecule has 1 heterocycles. The van der Waals surface area contributed by atoms with Crippen LogP contribution in [0.4, 0.5) is 5.82 Å². The zero-order valence-corrected chi connectivity index (χ0v) is 17.7. The normalized spacial score (nSPS) is 10.9. The van der Waals surface area contributed by atoms with E-state index in [1.807, 2.05) is 68.7 Å². The molecule has 0 fully saturated rings. The van der Waals surface area contributed by atoms with Gasteiger partial charge in [0.05, 0.1) is 7.11 Å². The minimum absolute atomic E-state index is 0.675. The molecule has 3 rings (SSSR count). The van der Waals surface area contributed by atoms with Gasteiger partial charge in [-0.25, -0.2) is 9.97 Å². The number of methoxy groups -OCH3 is 1. The number of likely N-dealkylation sites (N-methyl/N-ethyl adjacent to an activating group) is 1. The van der Waals surface area contributed by atoms with Crippen LogP contribution in [0, 0.1) is 0 Å². The summed E-state index contributed by atoms with van der Waals surface area (Å²) in [6, 6.07) is 17.5. The zero-order chi connectivity index (χ0) is 19.9. The number of hydrogen-bond acceptors (Lipinski definition) is 6. The third-order valence-corrected chi connectivity index (χ3v) is 5.13. The van der Waals surface area contributed by atoms with Gasteiger partial charge < -0.3 is 15.0 Å². The van der Waals surface area contributed by atoms with Crippen molar-refractivity contribution in [1.29, 1.82) is 0 Å². The zero-order valence-electron chi connectivity index (χ0n) is 16.1. The highest BCUT2D eigenvalue weighted by atomic mass is 35.5. The molecule has 0 aliphatic heterocycles. The Morgan fingerprint density at radius 2 is 1.75 bits per heavy atom. The van der Waals surface area contributed by atoms with E-state index in [1.165, 1.54) is 0 Å². The summed E-state index contributed by atoms with van der Waals surface area (Å²) in [5.74, 6) is 2.29. The number of nitrogens with zero attached hydrogens (tertiary/aromatic N) is 3. The van der Waals surface area contributed by atoms with Gasteiger partial charge in [-0.05, 0) is 62.6 Å². The van der Waals surface area contributed by atoms with Gasteiger partial charge in [-0.2, -0.15) is 0 Å². The maximum atomic E-state index is 5.99. The van der Waals surface area contributed by atoms with E-state index in [2.05, 4.69) is 10.2 Å². The molecule has 5 nitrogen and oxygen atoms in total. The summed E-state index contributed by atoms with van der Waals surface area (Å²) in [5, 5.41) is 4.98. The Balaban J connectivity index is 1.89. The fraction of sp³-hybridized carbons (Fsp3) is 0.238. The van der Waals surface area contributed by atoms with Crippen molar-refractivity contribution in [3.63, 3.8) is 0 Å². The van der Waals surface area contributed by atoms with Crippen molar-refractivity contribution in [2.75, 3.05) is 39.6 Å². The molecular formula is C21H23ClN4OS. The molecule has 0 saturated carbocycles. The van der Waals surface area contributed by atoms with Crippen molar-refractivity contribution in [1.82, 2.24) is 14.9 Å². The third kappa shape index (κ3) is 5.86. The number of halogens is 1. The largest absolute Gasteiger partial charge is 0.497 e. The molecule has 3 aromatic rings. The average Bonchev–Trinajstić information content (AvgIpc) is 2.69. The van der Waals surface area contributed by atoms with E-state index >= 15 is 0 Å². The minimum atomic E-state index is 0.675. The number of nitrogens with one attached hydrogen (secondary N) is 1. The molecule has 0 atom stereocenters. The topological polar surface area (TPSA) is 50.3 Å². The van der Waals surface area contributed by atoms with Gasteiger partial charge in [0.25, 0.3) is 0 Å². The number of benzene rings is 2. The summed E-state index contributed by atoms with van der Waals surface area (Å²) in [6.07, 6.45) is 0. The highest BCUT2D eigenvalue weighted by Crippen LogP contribution is 2.30. The van der Waals surface area contributed by atoms with Crippen molar-refractivity contribution >= 4 is 29.2 Å². The maximum absolute atomic E-state index is 5.99. The minimum Gasteiger partial charge on any atom is -0.497 e. The maximum Gasteiger partial charge on any atom is 0.162 e. The molecule has 0 spiro atoms. The average molecular weight is 415 g/mol. The second-order valence-corrected chi connectivity index (χ2v) is 7.96. The van der Waals surface area contributed by atoms with Gasteiger partial charge in [0, 0.05) is 34.6 Å². The molecule has 1 N–H and O–H groups in total. The molecule has 0 unspecified atom stereocenters. The summed E-state index contributed by atoms with van der Waals surface area (Å²) in [5.41, 5.74) is 0.940.